The van der Waals surface area contributed by atoms with Crippen LogP contribution in [0.25, 0.3) is 27.8 Å². The molecule has 32 heavy (non-hydrogen) atoms. The monoisotopic (exact) mass is 447 g/mol. The highest BCUT2D eigenvalue weighted by atomic mass is 32.2. The molecule has 4 rings (SSSR count). The Kier molecular flexibility index (Phi) is 6.75. The summed E-state index contributed by atoms with van der Waals surface area (Å²) in [5.41, 5.74) is 3.68. The molecule has 0 aliphatic carbocycles. The van der Waals surface area contributed by atoms with Crippen LogP contribution in [-0.2, 0) is 9.53 Å². The zero-order valence-corrected chi connectivity index (χ0v) is 19.1. The van der Waals surface area contributed by atoms with Gasteiger partial charge in [0.05, 0.1) is 24.8 Å². The summed E-state index contributed by atoms with van der Waals surface area (Å²) in [6.07, 6.45) is 4.24. The third kappa shape index (κ3) is 4.21. The van der Waals surface area contributed by atoms with E-state index in [1.165, 1.54) is 11.8 Å². The van der Waals surface area contributed by atoms with Gasteiger partial charge in [-0.05, 0) is 31.0 Å². The first-order chi connectivity index (χ1) is 15.7. The van der Waals surface area contributed by atoms with Gasteiger partial charge in [0, 0.05) is 11.8 Å². The van der Waals surface area contributed by atoms with E-state index < -0.39 is 0 Å². The molecule has 0 fully saturated rings. The number of aromatic nitrogens is 3. The summed E-state index contributed by atoms with van der Waals surface area (Å²) in [4.78, 5) is 21.7. The molecule has 2 aromatic carbocycles. The van der Waals surface area contributed by atoms with Gasteiger partial charge in [0.25, 0.3) is 0 Å². The van der Waals surface area contributed by atoms with Crippen molar-refractivity contribution in [1.29, 1.82) is 0 Å². The van der Waals surface area contributed by atoms with Crippen molar-refractivity contribution >= 4 is 28.8 Å². The molecule has 0 N–H and O–H groups in total. The highest BCUT2D eigenvalue weighted by Gasteiger charge is 2.24. The summed E-state index contributed by atoms with van der Waals surface area (Å²) in [6.45, 7) is 4.15. The number of ether oxygens (including phenoxy) is 2. The average molecular weight is 448 g/mol. The van der Waals surface area contributed by atoms with Crippen LogP contribution >= 0.6 is 11.8 Å². The van der Waals surface area contributed by atoms with Crippen LogP contribution in [0.2, 0.25) is 0 Å². The first-order valence-electron chi connectivity index (χ1n) is 10.6. The highest BCUT2D eigenvalue weighted by molar-refractivity contribution is 8.00. The van der Waals surface area contributed by atoms with Crippen molar-refractivity contribution in [2.75, 3.05) is 13.7 Å². The van der Waals surface area contributed by atoms with E-state index in [9.17, 15) is 4.79 Å². The highest BCUT2D eigenvalue weighted by Crippen LogP contribution is 2.39. The van der Waals surface area contributed by atoms with Crippen molar-refractivity contribution in [3.8, 4) is 22.6 Å². The van der Waals surface area contributed by atoms with Gasteiger partial charge in [-0.3, -0.25) is 9.36 Å². The zero-order valence-electron chi connectivity index (χ0n) is 18.3. The number of carbonyl (C=O) groups excluding carboxylic acids is 1. The molecule has 0 radical (unpaired) electrons. The summed E-state index contributed by atoms with van der Waals surface area (Å²) < 4.78 is 12.9. The van der Waals surface area contributed by atoms with E-state index in [2.05, 4.69) is 28.3 Å². The van der Waals surface area contributed by atoms with Gasteiger partial charge in [-0.2, -0.15) is 0 Å². The van der Waals surface area contributed by atoms with E-state index in [4.69, 9.17) is 9.47 Å². The van der Waals surface area contributed by atoms with Gasteiger partial charge in [-0.1, -0.05) is 61.2 Å². The van der Waals surface area contributed by atoms with Crippen LogP contribution in [0.1, 0.15) is 20.3 Å². The van der Waals surface area contributed by atoms with Crippen molar-refractivity contribution in [3.05, 3.63) is 67.1 Å². The molecule has 0 amide bonds. The molecule has 0 aliphatic heterocycles. The number of hydrogen-bond donors (Lipinski definition) is 0. The SMILES string of the molecule is CCOC(=O)[C@H](CC)Sc1ncnc2c1c(-c1ccccc1)cn2-c1ccccc1OC. The molecule has 0 bridgehead atoms. The number of carbonyl (C=O) groups is 1. The third-order valence-corrected chi connectivity index (χ3v) is 6.49. The molecule has 2 aromatic heterocycles. The van der Waals surface area contributed by atoms with E-state index in [0.29, 0.717) is 13.0 Å². The summed E-state index contributed by atoms with van der Waals surface area (Å²) in [5, 5.41) is 1.31. The van der Waals surface area contributed by atoms with Crippen LogP contribution in [-0.4, -0.2) is 39.5 Å². The van der Waals surface area contributed by atoms with Crippen molar-refractivity contribution in [2.45, 2.75) is 30.5 Å². The molecule has 7 heteroatoms. The fraction of sp³-hybridized carbons (Fsp3) is 0.240. The second-order valence-electron chi connectivity index (χ2n) is 7.09. The Balaban J connectivity index is 1.93. The Morgan fingerprint density at radius 3 is 2.53 bits per heavy atom. The molecular formula is C25H25N3O3S. The molecule has 4 aromatic rings. The topological polar surface area (TPSA) is 66.2 Å². The number of rotatable bonds is 8. The van der Waals surface area contributed by atoms with Crippen LogP contribution in [0, 0.1) is 0 Å². The molecular weight excluding hydrogens is 422 g/mol. The van der Waals surface area contributed by atoms with E-state index in [-0.39, 0.29) is 11.2 Å². The van der Waals surface area contributed by atoms with Crippen molar-refractivity contribution in [2.24, 2.45) is 0 Å². The second kappa shape index (κ2) is 9.87. The predicted molar refractivity (Wildman–Crippen MR) is 127 cm³/mol. The van der Waals surface area contributed by atoms with Gasteiger partial charge in [0.2, 0.25) is 0 Å². The Morgan fingerprint density at radius 1 is 1.06 bits per heavy atom. The minimum Gasteiger partial charge on any atom is -0.495 e. The van der Waals surface area contributed by atoms with Gasteiger partial charge in [-0.15, -0.1) is 0 Å². The fourth-order valence-corrected chi connectivity index (χ4v) is 4.67. The number of fused-ring (bicyclic) bond motifs is 1. The Bertz CT molecular complexity index is 1220. The van der Waals surface area contributed by atoms with Gasteiger partial charge >= 0.3 is 5.97 Å². The van der Waals surface area contributed by atoms with Gasteiger partial charge in [0.15, 0.2) is 0 Å². The minimum absolute atomic E-state index is 0.225. The van der Waals surface area contributed by atoms with E-state index >= 15 is 0 Å². The third-order valence-electron chi connectivity index (χ3n) is 5.15. The smallest absolute Gasteiger partial charge is 0.319 e. The molecule has 0 aliphatic rings. The number of hydrogen-bond acceptors (Lipinski definition) is 6. The standard InChI is InChI=1S/C25H25N3O3S/c1-4-21(25(29)31-5-2)32-24-22-18(17-11-7-6-8-12-17)15-28(23(22)26-16-27-24)19-13-9-10-14-20(19)30-3/h6-16,21H,4-5H2,1-3H3/t21-/m0/s1. The number of methoxy groups -OCH3 is 1. The van der Waals surface area contributed by atoms with Crippen LogP contribution in [0.3, 0.4) is 0 Å². The lowest BCUT2D eigenvalue weighted by Crippen LogP contribution is -2.19. The van der Waals surface area contributed by atoms with Crippen LogP contribution in [0.4, 0.5) is 0 Å². The lowest BCUT2D eigenvalue weighted by atomic mass is 10.1. The number of para-hydroxylation sites is 2. The summed E-state index contributed by atoms with van der Waals surface area (Å²) in [5.74, 6) is 0.520. The Morgan fingerprint density at radius 2 is 1.81 bits per heavy atom. The maximum atomic E-state index is 12.5. The molecule has 0 spiro atoms. The first kappa shape index (κ1) is 21.9. The molecule has 0 saturated heterocycles. The van der Waals surface area contributed by atoms with Crippen LogP contribution in [0.15, 0.2) is 72.1 Å². The normalized spacial score (nSPS) is 12.0. The van der Waals surface area contributed by atoms with Gasteiger partial charge < -0.3 is 9.47 Å². The lowest BCUT2D eigenvalue weighted by molar-refractivity contribution is -0.142. The maximum absolute atomic E-state index is 12.5. The predicted octanol–water partition coefficient (Wildman–Crippen LogP) is 5.53. The lowest BCUT2D eigenvalue weighted by Gasteiger charge is -2.14. The number of esters is 1. The van der Waals surface area contributed by atoms with E-state index in [1.54, 1.807) is 13.4 Å². The summed E-state index contributed by atoms with van der Waals surface area (Å²) >= 11 is 1.42. The number of nitrogens with zero attached hydrogens (tertiary/aromatic N) is 3. The quantitative estimate of drug-likeness (QED) is 0.201. The van der Waals surface area contributed by atoms with Gasteiger partial charge in [-0.25, -0.2) is 9.97 Å². The van der Waals surface area contributed by atoms with Crippen molar-refractivity contribution < 1.29 is 14.3 Å². The zero-order chi connectivity index (χ0) is 22.5. The van der Waals surface area contributed by atoms with Crippen LogP contribution < -0.4 is 4.74 Å². The molecule has 2 heterocycles. The van der Waals surface area contributed by atoms with E-state index in [0.717, 1.165) is 38.6 Å². The minimum atomic E-state index is -0.341. The van der Waals surface area contributed by atoms with E-state index in [1.807, 2.05) is 60.9 Å². The largest absolute Gasteiger partial charge is 0.495 e. The van der Waals surface area contributed by atoms with Gasteiger partial charge in [0.1, 0.15) is 28.0 Å². The Labute approximate surface area is 191 Å². The van der Waals surface area contributed by atoms with Crippen LogP contribution in [0.5, 0.6) is 5.75 Å². The molecule has 164 valence electrons. The maximum Gasteiger partial charge on any atom is 0.319 e. The average Bonchev–Trinajstić information content (AvgIpc) is 3.23. The summed E-state index contributed by atoms with van der Waals surface area (Å²) in [7, 11) is 1.66. The van der Waals surface area contributed by atoms with Crippen molar-refractivity contribution in [1.82, 2.24) is 14.5 Å². The second-order valence-corrected chi connectivity index (χ2v) is 8.29. The first-order valence-corrected chi connectivity index (χ1v) is 11.4. The Hall–Kier alpha value is -3.32. The number of thioether (sulfide) groups is 1. The summed E-state index contributed by atoms with van der Waals surface area (Å²) in [6, 6.07) is 17.9. The molecule has 6 nitrogen and oxygen atoms in total. The molecule has 1 atom stereocenters. The molecule has 0 saturated carbocycles. The number of benzene rings is 2. The van der Waals surface area contributed by atoms with Crippen molar-refractivity contribution in [3.63, 3.8) is 0 Å². The molecule has 0 unspecified atom stereocenters. The fourth-order valence-electron chi connectivity index (χ4n) is 3.64.